The molecule has 6 rings (SSSR count). The lowest BCUT2D eigenvalue weighted by molar-refractivity contribution is -0.0895. The summed E-state index contributed by atoms with van der Waals surface area (Å²) in [7, 11) is 0. The molecule has 0 unspecified atom stereocenters. The Kier molecular flexibility index (Phi) is 4.22. The second-order valence-corrected chi connectivity index (χ2v) is 11.1. The fraction of sp³-hybridized carbons (Fsp3) is 0.750. The van der Waals surface area contributed by atoms with Crippen LogP contribution in [0.1, 0.15) is 77.2 Å². The summed E-state index contributed by atoms with van der Waals surface area (Å²) in [5.41, 5.74) is 2.52. The van der Waals surface area contributed by atoms with E-state index in [2.05, 4.69) is 43.4 Å². The van der Waals surface area contributed by atoms with Crippen molar-refractivity contribution in [3.63, 3.8) is 0 Å². The Labute approximate surface area is 164 Å². The number of hydrogen-bond donors (Lipinski definition) is 1. The molecular weight excluding hydrogens is 338 g/mol. The van der Waals surface area contributed by atoms with Gasteiger partial charge < -0.3 is 5.32 Å². The molecule has 4 bridgehead atoms. The average molecular weight is 372 g/mol. The van der Waals surface area contributed by atoms with Crippen LogP contribution in [0, 0.1) is 23.2 Å². The van der Waals surface area contributed by atoms with Crippen LogP contribution < -0.4 is 5.32 Å². The van der Waals surface area contributed by atoms with Crippen molar-refractivity contribution >= 4 is 11.6 Å². The minimum atomic E-state index is 0.424. The predicted molar refractivity (Wildman–Crippen MR) is 110 cm³/mol. The van der Waals surface area contributed by atoms with Crippen LogP contribution in [0.5, 0.6) is 0 Å². The molecule has 0 radical (unpaired) electrons. The Bertz CT molecular complexity index is 651. The van der Waals surface area contributed by atoms with Gasteiger partial charge in [-0.1, -0.05) is 30.7 Å². The van der Waals surface area contributed by atoms with E-state index in [1.54, 1.807) is 5.56 Å². The van der Waals surface area contributed by atoms with Crippen molar-refractivity contribution in [2.45, 2.75) is 89.1 Å². The van der Waals surface area contributed by atoms with Gasteiger partial charge in [-0.2, -0.15) is 0 Å². The van der Waals surface area contributed by atoms with Crippen LogP contribution in [0.15, 0.2) is 24.3 Å². The first-order valence-electron chi connectivity index (χ1n) is 11.0. The maximum Gasteiger partial charge on any atom is 0.0406 e. The molecule has 0 amide bonds. The van der Waals surface area contributed by atoms with Gasteiger partial charge in [0.25, 0.3) is 0 Å². The molecule has 0 spiro atoms. The fourth-order valence-electron chi connectivity index (χ4n) is 7.87. The Morgan fingerprint density at radius 3 is 2.31 bits per heavy atom. The average Bonchev–Trinajstić information content (AvgIpc) is 2.99. The van der Waals surface area contributed by atoms with Crippen LogP contribution in [-0.2, 0) is 5.41 Å². The van der Waals surface area contributed by atoms with Crippen LogP contribution >= 0.6 is 11.6 Å². The minimum absolute atomic E-state index is 0.424. The van der Waals surface area contributed by atoms with Crippen molar-refractivity contribution in [3.05, 3.63) is 34.9 Å². The summed E-state index contributed by atoms with van der Waals surface area (Å²) >= 11 is 6.19. The van der Waals surface area contributed by atoms with E-state index in [1.807, 2.05) is 0 Å². The molecule has 142 valence electrons. The van der Waals surface area contributed by atoms with Gasteiger partial charge in [-0.3, -0.25) is 0 Å². The maximum absolute atomic E-state index is 6.19. The van der Waals surface area contributed by atoms with Crippen molar-refractivity contribution in [2.24, 2.45) is 23.2 Å². The van der Waals surface area contributed by atoms with Crippen LogP contribution in [0.25, 0.3) is 0 Å². The molecule has 5 aliphatic carbocycles. The Morgan fingerprint density at radius 2 is 1.69 bits per heavy atom. The molecule has 0 aromatic heterocycles. The van der Waals surface area contributed by atoms with Crippen LogP contribution in [-0.4, -0.2) is 12.1 Å². The first kappa shape index (κ1) is 17.6. The summed E-state index contributed by atoms with van der Waals surface area (Å²) in [5.74, 6) is 2.80. The molecule has 26 heavy (non-hydrogen) atoms. The van der Waals surface area contributed by atoms with Crippen molar-refractivity contribution in [2.75, 3.05) is 0 Å². The zero-order valence-electron chi connectivity index (χ0n) is 16.4. The minimum Gasteiger partial charge on any atom is -0.311 e. The summed E-state index contributed by atoms with van der Waals surface area (Å²) in [5, 5.41) is 5.00. The van der Waals surface area contributed by atoms with Gasteiger partial charge in [0.05, 0.1) is 0 Å². The normalized spacial score (nSPS) is 45.2. The fourth-order valence-corrected chi connectivity index (χ4v) is 8.00. The molecule has 1 aromatic rings. The molecule has 5 aliphatic rings. The molecule has 2 heteroatoms. The zero-order chi connectivity index (χ0) is 17.9. The monoisotopic (exact) mass is 371 g/mol. The van der Waals surface area contributed by atoms with Crippen molar-refractivity contribution in [1.82, 2.24) is 5.32 Å². The third-order valence-electron chi connectivity index (χ3n) is 8.66. The Morgan fingerprint density at radius 1 is 1.00 bits per heavy atom. The highest BCUT2D eigenvalue weighted by Crippen LogP contribution is 2.66. The quantitative estimate of drug-likeness (QED) is 0.650. The number of benzene rings is 1. The summed E-state index contributed by atoms with van der Waals surface area (Å²) in [4.78, 5) is 0. The molecular formula is C24H34ClN. The lowest BCUT2D eigenvalue weighted by Crippen LogP contribution is -2.60. The lowest BCUT2D eigenvalue weighted by atomic mass is 9.41. The van der Waals surface area contributed by atoms with Gasteiger partial charge in [-0.05, 0) is 111 Å². The van der Waals surface area contributed by atoms with E-state index in [-0.39, 0.29) is 0 Å². The maximum atomic E-state index is 6.19. The second kappa shape index (κ2) is 6.24. The summed E-state index contributed by atoms with van der Waals surface area (Å²) in [6.07, 6.45) is 12.8. The molecule has 0 saturated heterocycles. The molecule has 0 aliphatic heterocycles. The van der Waals surface area contributed by atoms with Crippen LogP contribution in [0.3, 0.4) is 0 Å². The van der Waals surface area contributed by atoms with E-state index in [1.165, 1.54) is 57.8 Å². The first-order valence-corrected chi connectivity index (χ1v) is 11.4. The Balaban J connectivity index is 1.42. The highest BCUT2D eigenvalue weighted by molar-refractivity contribution is 6.30. The van der Waals surface area contributed by atoms with Gasteiger partial charge in [0.15, 0.2) is 0 Å². The van der Waals surface area contributed by atoms with Gasteiger partial charge in [0.1, 0.15) is 0 Å². The molecule has 1 N–H and O–H groups in total. The summed E-state index contributed by atoms with van der Waals surface area (Å²) in [6.45, 7) is 4.94. The second-order valence-electron chi connectivity index (χ2n) is 10.6. The van der Waals surface area contributed by atoms with E-state index in [9.17, 15) is 0 Å². The number of halogens is 1. The van der Waals surface area contributed by atoms with E-state index < -0.39 is 0 Å². The van der Waals surface area contributed by atoms with Gasteiger partial charge in [-0.15, -0.1) is 0 Å². The summed E-state index contributed by atoms with van der Waals surface area (Å²) < 4.78 is 0. The third-order valence-corrected chi connectivity index (χ3v) is 8.91. The number of nitrogens with one attached hydrogen (secondary N) is 1. The van der Waals surface area contributed by atoms with E-state index in [4.69, 9.17) is 11.6 Å². The summed E-state index contributed by atoms with van der Waals surface area (Å²) in [6, 6.07) is 10.3. The van der Waals surface area contributed by atoms with Crippen molar-refractivity contribution in [1.29, 1.82) is 0 Å². The number of rotatable bonds is 4. The first-order chi connectivity index (χ1) is 12.5. The standard InChI is InChI=1S/C24H34ClN/c1-16-3-8-22(9-16)26-17(2)23-11-18-10-19(12-23)14-24(13-18,15-23)20-4-6-21(25)7-5-20/h4-7,16-19,22,26H,3,8-15H2,1-2H3/t16-,17-,18-,19-,22-,23?,24?/m0/s1. The topological polar surface area (TPSA) is 12.0 Å². The molecule has 1 aromatic carbocycles. The molecule has 5 fully saturated rings. The largest absolute Gasteiger partial charge is 0.311 e. The smallest absolute Gasteiger partial charge is 0.0406 e. The van der Waals surface area contributed by atoms with E-state index in [0.717, 1.165) is 28.8 Å². The predicted octanol–water partition coefficient (Wildman–Crippen LogP) is 6.34. The highest BCUT2D eigenvalue weighted by Gasteiger charge is 2.59. The number of hydrogen-bond acceptors (Lipinski definition) is 1. The van der Waals surface area contributed by atoms with Gasteiger partial charge in [-0.25, -0.2) is 0 Å². The molecule has 5 atom stereocenters. The van der Waals surface area contributed by atoms with E-state index in [0.29, 0.717) is 16.9 Å². The van der Waals surface area contributed by atoms with Crippen LogP contribution in [0.2, 0.25) is 5.02 Å². The van der Waals surface area contributed by atoms with Gasteiger partial charge in [0, 0.05) is 17.1 Å². The molecule has 1 nitrogen and oxygen atoms in total. The Hall–Kier alpha value is -0.530. The van der Waals surface area contributed by atoms with E-state index >= 15 is 0 Å². The lowest BCUT2D eigenvalue weighted by Gasteiger charge is -2.64. The van der Waals surface area contributed by atoms with Crippen LogP contribution in [0.4, 0.5) is 0 Å². The van der Waals surface area contributed by atoms with Gasteiger partial charge >= 0.3 is 0 Å². The molecule has 0 heterocycles. The van der Waals surface area contributed by atoms with Gasteiger partial charge in [0.2, 0.25) is 0 Å². The highest BCUT2D eigenvalue weighted by atomic mass is 35.5. The third kappa shape index (κ3) is 2.85. The van der Waals surface area contributed by atoms with Crippen molar-refractivity contribution < 1.29 is 0 Å². The van der Waals surface area contributed by atoms with Crippen molar-refractivity contribution in [3.8, 4) is 0 Å². The SMILES string of the molecule is C[C@H]1CC[C@H](N[C@@H](C)C23C[C@@H]4C[C@H](CC(c5ccc(Cl)cc5)(C4)C2)C3)C1. The molecule has 5 saturated carbocycles. The zero-order valence-corrected chi connectivity index (χ0v) is 17.2.